The van der Waals surface area contributed by atoms with Gasteiger partial charge in [0.05, 0.1) is 12.2 Å². The molecule has 0 aromatic heterocycles. The third-order valence-electron chi connectivity index (χ3n) is 2.81. The molecule has 0 radical (unpaired) electrons. The molecule has 0 atom stereocenters. The Morgan fingerprint density at radius 2 is 1.89 bits per heavy atom. The summed E-state index contributed by atoms with van der Waals surface area (Å²) in [5, 5.41) is 0. The molecule has 98 valence electrons. The van der Waals surface area contributed by atoms with Crippen molar-refractivity contribution in [1.82, 2.24) is 0 Å². The third kappa shape index (κ3) is 3.65. The van der Waals surface area contributed by atoms with Crippen LogP contribution in [0.25, 0.3) is 0 Å². The average molecular weight is 258 g/mol. The van der Waals surface area contributed by atoms with Crippen LogP contribution in [0.5, 0.6) is 5.75 Å². The zero-order valence-electron chi connectivity index (χ0n) is 10.7. The van der Waals surface area contributed by atoms with E-state index in [2.05, 4.69) is 0 Å². The van der Waals surface area contributed by atoms with Crippen molar-refractivity contribution in [3.05, 3.63) is 65.5 Å². The lowest BCUT2D eigenvalue weighted by Gasteiger charge is -2.09. The lowest BCUT2D eigenvalue weighted by molar-refractivity contribution is 0.101. The number of halogens is 1. The molecule has 19 heavy (non-hydrogen) atoms. The number of ketones is 1. The summed E-state index contributed by atoms with van der Waals surface area (Å²) in [5.41, 5.74) is 1.45. The van der Waals surface area contributed by atoms with Gasteiger partial charge in [-0.05, 0) is 30.7 Å². The molecule has 0 N–H and O–H groups in total. The monoisotopic (exact) mass is 258 g/mol. The van der Waals surface area contributed by atoms with Crippen LogP contribution in [-0.4, -0.2) is 12.4 Å². The second kappa shape index (κ2) is 6.14. The highest BCUT2D eigenvalue weighted by Gasteiger charge is 2.09. The van der Waals surface area contributed by atoms with Gasteiger partial charge in [0.25, 0.3) is 0 Å². The Labute approximate surface area is 111 Å². The summed E-state index contributed by atoms with van der Waals surface area (Å²) in [5.74, 6) is -0.195. The van der Waals surface area contributed by atoms with Crippen LogP contribution in [-0.2, 0) is 6.42 Å². The van der Waals surface area contributed by atoms with Gasteiger partial charge in [0, 0.05) is 6.42 Å². The number of rotatable bonds is 5. The van der Waals surface area contributed by atoms with Crippen LogP contribution in [0.3, 0.4) is 0 Å². The van der Waals surface area contributed by atoms with Crippen LogP contribution >= 0.6 is 0 Å². The molecule has 0 amide bonds. The SMILES string of the molecule is CC(=O)c1cc(F)ccc1OCCc1ccccc1. The molecule has 0 spiro atoms. The maximum absolute atomic E-state index is 13.1. The molecular formula is C16H15FO2. The van der Waals surface area contributed by atoms with Crippen molar-refractivity contribution in [3.8, 4) is 5.75 Å². The van der Waals surface area contributed by atoms with E-state index in [1.54, 1.807) is 0 Å². The van der Waals surface area contributed by atoms with Gasteiger partial charge in [0.15, 0.2) is 5.78 Å². The van der Waals surface area contributed by atoms with Crippen molar-refractivity contribution in [2.24, 2.45) is 0 Å². The fourth-order valence-electron chi connectivity index (χ4n) is 1.83. The molecule has 0 aliphatic carbocycles. The van der Waals surface area contributed by atoms with Crippen molar-refractivity contribution in [2.75, 3.05) is 6.61 Å². The maximum atomic E-state index is 13.1. The number of ether oxygens (including phenoxy) is 1. The van der Waals surface area contributed by atoms with Gasteiger partial charge in [0.2, 0.25) is 0 Å². The summed E-state index contributed by atoms with van der Waals surface area (Å²) < 4.78 is 18.7. The van der Waals surface area contributed by atoms with E-state index in [0.717, 1.165) is 12.0 Å². The first-order valence-electron chi connectivity index (χ1n) is 6.14. The van der Waals surface area contributed by atoms with E-state index in [9.17, 15) is 9.18 Å². The normalized spacial score (nSPS) is 10.2. The van der Waals surface area contributed by atoms with Crippen LogP contribution in [0.4, 0.5) is 4.39 Å². The molecule has 2 rings (SSSR count). The summed E-state index contributed by atoms with van der Waals surface area (Å²) >= 11 is 0. The highest BCUT2D eigenvalue weighted by molar-refractivity contribution is 5.96. The highest BCUT2D eigenvalue weighted by atomic mass is 19.1. The maximum Gasteiger partial charge on any atom is 0.163 e. The first-order chi connectivity index (χ1) is 9.16. The van der Waals surface area contributed by atoms with Crippen molar-refractivity contribution >= 4 is 5.78 Å². The van der Waals surface area contributed by atoms with Crippen LogP contribution in [0.2, 0.25) is 0 Å². The van der Waals surface area contributed by atoms with Gasteiger partial charge in [0.1, 0.15) is 11.6 Å². The largest absolute Gasteiger partial charge is 0.492 e. The molecule has 2 aromatic carbocycles. The lowest BCUT2D eigenvalue weighted by atomic mass is 10.1. The number of benzene rings is 2. The van der Waals surface area contributed by atoms with E-state index >= 15 is 0 Å². The van der Waals surface area contributed by atoms with Gasteiger partial charge in [-0.2, -0.15) is 0 Å². The number of hydrogen-bond acceptors (Lipinski definition) is 2. The predicted octanol–water partition coefficient (Wildman–Crippen LogP) is 3.65. The second-order valence-electron chi connectivity index (χ2n) is 4.28. The number of Topliss-reactive ketones (excluding diaryl/α,β-unsaturated/α-hetero) is 1. The lowest BCUT2D eigenvalue weighted by Crippen LogP contribution is -2.05. The zero-order valence-corrected chi connectivity index (χ0v) is 10.7. The molecule has 0 saturated carbocycles. The molecule has 0 bridgehead atoms. The second-order valence-corrected chi connectivity index (χ2v) is 4.28. The van der Waals surface area contributed by atoms with E-state index < -0.39 is 5.82 Å². The van der Waals surface area contributed by atoms with E-state index in [1.165, 1.54) is 25.1 Å². The Bertz CT molecular complexity index is 564. The summed E-state index contributed by atoms with van der Waals surface area (Å²) in [6.07, 6.45) is 0.746. The molecule has 0 aliphatic rings. The smallest absolute Gasteiger partial charge is 0.163 e. The summed E-state index contributed by atoms with van der Waals surface area (Å²) in [4.78, 5) is 11.4. The minimum absolute atomic E-state index is 0.200. The molecule has 2 aromatic rings. The first-order valence-corrected chi connectivity index (χ1v) is 6.14. The van der Waals surface area contributed by atoms with E-state index in [0.29, 0.717) is 12.4 Å². The van der Waals surface area contributed by atoms with Crippen LogP contribution < -0.4 is 4.74 Å². The molecule has 2 nitrogen and oxygen atoms in total. The van der Waals surface area contributed by atoms with E-state index in [1.807, 2.05) is 30.3 Å². The molecule has 3 heteroatoms. The van der Waals surface area contributed by atoms with Crippen LogP contribution in [0, 0.1) is 5.82 Å². The van der Waals surface area contributed by atoms with Gasteiger partial charge in [-0.1, -0.05) is 30.3 Å². The van der Waals surface area contributed by atoms with Gasteiger partial charge >= 0.3 is 0 Å². The molecule has 0 heterocycles. The van der Waals surface area contributed by atoms with Gasteiger partial charge in [-0.25, -0.2) is 4.39 Å². The van der Waals surface area contributed by atoms with E-state index in [4.69, 9.17) is 4.74 Å². The molecule has 0 unspecified atom stereocenters. The predicted molar refractivity (Wildman–Crippen MR) is 72.0 cm³/mol. The number of hydrogen-bond donors (Lipinski definition) is 0. The average Bonchev–Trinajstić information content (AvgIpc) is 2.41. The number of carbonyl (C=O) groups is 1. The van der Waals surface area contributed by atoms with E-state index in [-0.39, 0.29) is 11.3 Å². The Morgan fingerprint density at radius 3 is 2.58 bits per heavy atom. The Hall–Kier alpha value is -2.16. The Kier molecular flexibility index (Phi) is 4.29. The van der Waals surface area contributed by atoms with Crippen molar-refractivity contribution < 1.29 is 13.9 Å². The van der Waals surface area contributed by atoms with Crippen LogP contribution in [0.1, 0.15) is 22.8 Å². The van der Waals surface area contributed by atoms with Gasteiger partial charge < -0.3 is 4.74 Å². The Morgan fingerprint density at radius 1 is 1.16 bits per heavy atom. The summed E-state index contributed by atoms with van der Waals surface area (Å²) in [6, 6.07) is 13.9. The number of carbonyl (C=O) groups excluding carboxylic acids is 1. The third-order valence-corrected chi connectivity index (χ3v) is 2.81. The quantitative estimate of drug-likeness (QED) is 0.765. The minimum atomic E-state index is -0.430. The van der Waals surface area contributed by atoms with Crippen molar-refractivity contribution in [2.45, 2.75) is 13.3 Å². The molecular weight excluding hydrogens is 243 g/mol. The fourth-order valence-corrected chi connectivity index (χ4v) is 1.83. The minimum Gasteiger partial charge on any atom is -0.492 e. The molecule has 0 fully saturated rings. The van der Waals surface area contributed by atoms with Crippen LogP contribution in [0.15, 0.2) is 48.5 Å². The topological polar surface area (TPSA) is 26.3 Å². The summed E-state index contributed by atoms with van der Waals surface area (Å²) in [6.45, 7) is 1.86. The Balaban J connectivity index is 2.02. The van der Waals surface area contributed by atoms with Crippen molar-refractivity contribution in [3.63, 3.8) is 0 Å². The fraction of sp³-hybridized carbons (Fsp3) is 0.188. The van der Waals surface area contributed by atoms with Gasteiger partial charge in [-0.15, -0.1) is 0 Å². The van der Waals surface area contributed by atoms with Crippen molar-refractivity contribution in [1.29, 1.82) is 0 Å². The highest BCUT2D eigenvalue weighted by Crippen LogP contribution is 2.20. The zero-order chi connectivity index (χ0) is 13.7. The standard InChI is InChI=1S/C16H15FO2/c1-12(18)15-11-14(17)7-8-16(15)19-10-9-13-5-3-2-4-6-13/h2-8,11H,9-10H2,1H3. The van der Waals surface area contributed by atoms with Gasteiger partial charge in [-0.3, -0.25) is 4.79 Å². The molecule has 0 saturated heterocycles. The first kappa shape index (κ1) is 13.3. The molecule has 0 aliphatic heterocycles. The summed E-state index contributed by atoms with van der Waals surface area (Å²) in [7, 11) is 0.